The molecule has 1 aromatic carbocycles. The third-order valence-electron chi connectivity index (χ3n) is 4.23. The summed E-state index contributed by atoms with van der Waals surface area (Å²) < 4.78 is 0. The number of fused-ring (bicyclic) bond motifs is 2. The highest BCUT2D eigenvalue weighted by atomic mass is 35.5. The summed E-state index contributed by atoms with van der Waals surface area (Å²) in [5.41, 5.74) is 6.72. The van der Waals surface area contributed by atoms with Crippen LogP contribution in [0, 0.1) is 0 Å². The summed E-state index contributed by atoms with van der Waals surface area (Å²) in [7, 11) is 0. The number of rotatable bonds is 1. The third kappa shape index (κ3) is 2.09. The van der Waals surface area contributed by atoms with Crippen molar-refractivity contribution < 1.29 is 9.90 Å². The van der Waals surface area contributed by atoms with Crippen LogP contribution in [0.4, 0.5) is 5.69 Å². The zero-order valence-corrected chi connectivity index (χ0v) is 11.3. The lowest BCUT2D eigenvalue weighted by Crippen LogP contribution is -2.48. The first-order valence-corrected chi connectivity index (χ1v) is 7.00. The fourth-order valence-electron chi connectivity index (χ4n) is 3.34. The van der Waals surface area contributed by atoms with E-state index in [4.69, 9.17) is 17.3 Å². The molecular weight excluding hydrogens is 264 g/mol. The molecule has 0 aliphatic carbocycles. The van der Waals surface area contributed by atoms with Crippen molar-refractivity contribution in [3.63, 3.8) is 0 Å². The number of aliphatic hydroxyl groups is 1. The number of hydrogen-bond acceptors (Lipinski definition) is 3. The zero-order chi connectivity index (χ0) is 13.6. The number of para-hydroxylation sites is 1. The molecule has 5 heteroatoms. The number of nitrogen functional groups attached to an aromatic ring is 1. The Bertz CT molecular complexity index is 506. The SMILES string of the molecule is Nc1c(Cl)cccc1C(=O)N1C2CCC1CC(O)C2. The second-order valence-corrected chi connectivity index (χ2v) is 5.83. The van der Waals surface area contributed by atoms with Crippen LogP contribution in [0.1, 0.15) is 36.0 Å². The predicted molar refractivity (Wildman–Crippen MR) is 74.1 cm³/mol. The minimum Gasteiger partial charge on any atom is -0.397 e. The molecule has 0 spiro atoms. The van der Waals surface area contributed by atoms with Gasteiger partial charge in [-0.3, -0.25) is 4.79 Å². The van der Waals surface area contributed by atoms with Crippen LogP contribution >= 0.6 is 11.6 Å². The Hall–Kier alpha value is -1.26. The van der Waals surface area contributed by atoms with Crippen LogP contribution in [0.25, 0.3) is 0 Å². The van der Waals surface area contributed by atoms with Crippen LogP contribution in [0.15, 0.2) is 18.2 Å². The lowest BCUT2D eigenvalue weighted by Gasteiger charge is -2.37. The normalized spacial score (nSPS) is 29.6. The van der Waals surface area contributed by atoms with E-state index in [-0.39, 0.29) is 24.1 Å². The van der Waals surface area contributed by atoms with Gasteiger partial charge in [-0.1, -0.05) is 17.7 Å². The van der Waals surface area contributed by atoms with Crippen molar-refractivity contribution >= 4 is 23.2 Å². The van der Waals surface area contributed by atoms with Crippen molar-refractivity contribution in [3.05, 3.63) is 28.8 Å². The average molecular weight is 281 g/mol. The van der Waals surface area contributed by atoms with Crippen LogP contribution in [0.2, 0.25) is 5.02 Å². The zero-order valence-electron chi connectivity index (χ0n) is 10.6. The maximum atomic E-state index is 12.6. The number of hydrogen-bond donors (Lipinski definition) is 2. The molecule has 3 rings (SSSR count). The summed E-state index contributed by atoms with van der Waals surface area (Å²) in [6, 6.07) is 5.42. The van der Waals surface area contributed by atoms with Crippen LogP contribution in [-0.4, -0.2) is 34.1 Å². The molecule has 1 aromatic rings. The van der Waals surface area contributed by atoms with Gasteiger partial charge in [-0.15, -0.1) is 0 Å². The molecular formula is C14H17ClN2O2. The Labute approximate surface area is 117 Å². The summed E-state index contributed by atoms with van der Waals surface area (Å²) in [6.45, 7) is 0. The molecule has 2 unspecified atom stereocenters. The predicted octanol–water partition coefficient (Wildman–Crippen LogP) is 2.05. The van der Waals surface area contributed by atoms with Gasteiger partial charge in [0.1, 0.15) is 0 Å². The topological polar surface area (TPSA) is 66.6 Å². The first kappa shape index (κ1) is 12.8. The first-order chi connectivity index (χ1) is 9.08. The fourth-order valence-corrected chi connectivity index (χ4v) is 3.52. The van der Waals surface area contributed by atoms with Crippen LogP contribution < -0.4 is 5.73 Å². The highest BCUT2D eigenvalue weighted by Crippen LogP contribution is 2.37. The molecule has 2 bridgehead atoms. The summed E-state index contributed by atoms with van der Waals surface area (Å²) in [6.07, 6.45) is 2.99. The Morgan fingerprint density at radius 1 is 1.32 bits per heavy atom. The van der Waals surface area contributed by atoms with E-state index in [0.717, 1.165) is 12.8 Å². The molecule has 3 N–H and O–H groups in total. The number of nitrogens with two attached hydrogens (primary N) is 1. The van der Waals surface area contributed by atoms with Crippen molar-refractivity contribution in [2.45, 2.75) is 43.9 Å². The van der Waals surface area contributed by atoms with Gasteiger partial charge in [0.05, 0.1) is 22.4 Å². The van der Waals surface area contributed by atoms with Gasteiger partial charge in [0.15, 0.2) is 0 Å². The number of anilines is 1. The monoisotopic (exact) mass is 280 g/mol. The molecule has 0 aromatic heterocycles. The largest absolute Gasteiger partial charge is 0.397 e. The lowest BCUT2D eigenvalue weighted by atomic mass is 9.98. The van der Waals surface area contributed by atoms with Gasteiger partial charge in [-0.05, 0) is 37.8 Å². The van der Waals surface area contributed by atoms with Gasteiger partial charge >= 0.3 is 0 Å². The molecule has 0 radical (unpaired) electrons. The minimum atomic E-state index is -0.279. The lowest BCUT2D eigenvalue weighted by molar-refractivity contribution is 0.0287. The Morgan fingerprint density at radius 2 is 1.95 bits per heavy atom. The van der Waals surface area contributed by atoms with E-state index in [2.05, 4.69) is 0 Å². The molecule has 2 aliphatic heterocycles. The van der Waals surface area contributed by atoms with E-state index in [1.807, 2.05) is 4.90 Å². The average Bonchev–Trinajstić information content (AvgIpc) is 2.64. The Morgan fingerprint density at radius 3 is 2.58 bits per heavy atom. The number of aliphatic hydroxyl groups excluding tert-OH is 1. The summed E-state index contributed by atoms with van der Waals surface area (Å²) >= 11 is 5.97. The van der Waals surface area contributed by atoms with Gasteiger partial charge in [-0.25, -0.2) is 0 Å². The molecule has 2 atom stereocenters. The van der Waals surface area contributed by atoms with Gasteiger partial charge < -0.3 is 15.7 Å². The quantitative estimate of drug-likeness (QED) is 0.774. The van der Waals surface area contributed by atoms with E-state index in [9.17, 15) is 9.90 Å². The maximum Gasteiger partial charge on any atom is 0.256 e. The van der Waals surface area contributed by atoms with Crippen molar-refractivity contribution in [3.8, 4) is 0 Å². The van der Waals surface area contributed by atoms with E-state index in [1.54, 1.807) is 18.2 Å². The second-order valence-electron chi connectivity index (χ2n) is 5.42. The number of halogens is 1. The highest BCUT2D eigenvalue weighted by molar-refractivity contribution is 6.33. The number of benzene rings is 1. The Balaban J connectivity index is 1.91. The Kier molecular flexibility index (Phi) is 3.15. The second kappa shape index (κ2) is 4.69. The number of piperidine rings is 1. The molecule has 1 amide bonds. The molecule has 2 saturated heterocycles. The van der Waals surface area contributed by atoms with Gasteiger partial charge in [0, 0.05) is 12.1 Å². The van der Waals surface area contributed by atoms with Crippen molar-refractivity contribution in [2.75, 3.05) is 5.73 Å². The molecule has 102 valence electrons. The summed E-state index contributed by atoms with van der Waals surface area (Å²) in [5.74, 6) is -0.0561. The number of nitrogens with zero attached hydrogens (tertiary/aromatic N) is 1. The van der Waals surface area contributed by atoms with Gasteiger partial charge in [0.2, 0.25) is 0 Å². The highest BCUT2D eigenvalue weighted by Gasteiger charge is 2.43. The smallest absolute Gasteiger partial charge is 0.256 e. The minimum absolute atomic E-state index is 0.0561. The molecule has 2 fully saturated rings. The fraction of sp³-hybridized carbons (Fsp3) is 0.500. The van der Waals surface area contributed by atoms with E-state index < -0.39 is 0 Å². The first-order valence-electron chi connectivity index (χ1n) is 6.62. The van der Waals surface area contributed by atoms with E-state index >= 15 is 0 Å². The summed E-state index contributed by atoms with van der Waals surface area (Å²) in [5, 5.41) is 10.2. The molecule has 0 saturated carbocycles. The molecule has 2 heterocycles. The summed E-state index contributed by atoms with van der Waals surface area (Å²) in [4.78, 5) is 14.5. The third-order valence-corrected chi connectivity index (χ3v) is 4.56. The van der Waals surface area contributed by atoms with Crippen molar-refractivity contribution in [2.24, 2.45) is 0 Å². The molecule has 2 aliphatic rings. The van der Waals surface area contributed by atoms with E-state index in [1.165, 1.54) is 0 Å². The molecule has 4 nitrogen and oxygen atoms in total. The standard InChI is InChI=1S/C14H17ClN2O2/c15-12-3-1-2-11(13(12)16)14(19)17-8-4-5-9(17)7-10(18)6-8/h1-3,8-10,18H,4-7,16H2. The van der Waals surface area contributed by atoms with Crippen LogP contribution in [0.5, 0.6) is 0 Å². The van der Waals surface area contributed by atoms with Gasteiger partial charge in [0.25, 0.3) is 5.91 Å². The number of carbonyl (C=O) groups excluding carboxylic acids is 1. The van der Waals surface area contributed by atoms with Crippen LogP contribution in [0.3, 0.4) is 0 Å². The number of amides is 1. The molecule has 19 heavy (non-hydrogen) atoms. The number of carbonyl (C=O) groups is 1. The van der Waals surface area contributed by atoms with E-state index in [0.29, 0.717) is 29.1 Å². The van der Waals surface area contributed by atoms with Crippen LogP contribution in [-0.2, 0) is 0 Å². The maximum absolute atomic E-state index is 12.6. The van der Waals surface area contributed by atoms with Gasteiger partial charge in [-0.2, -0.15) is 0 Å². The van der Waals surface area contributed by atoms with Crippen molar-refractivity contribution in [1.29, 1.82) is 0 Å². The van der Waals surface area contributed by atoms with Crippen molar-refractivity contribution in [1.82, 2.24) is 4.90 Å².